The van der Waals surface area contributed by atoms with E-state index in [-0.39, 0.29) is 29.6 Å². The van der Waals surface area contributed by atoms with Crippen molar-refractivity contribution in [1.29, 1.82) is 0 Å². The standard InChI is InChI=1S/C10H8N2O2.Na.H/c13-10(14)12-9(6-7-11-12)8-4-2-1-3-5-8;;/h1-7H,(H,13,14);;. The molecule has 0 saturated carbocycles. The summed E-state index contributed by atoms with van der Waals surface area (Å²) >= 11 is 0. The summed E-state index contributed by atoms with van der Waals surface area (Å²) in [5.74, 6) is 0. The summed E-state index contributed by atoms with van der Waals surface area (Å²) in [6.45, 7) is 0. The van der Waals surface area contributed by atoms with Gasteiger partial charge in [-0.15, -0.1) is 0 Å². The van der Waals surface area contributed by atoms with Crippen molar-refractivity contribution in [2.75, 3.05) is 0 Å². The van der Waals surface area contributed by atoms with Crippen LogP contribution in [-0.4, -0.2) is 50.5 Å². The van der Waals surface area contributed by atoms with Crippen LogP contribution in [0.2, 0.25) is 0 Å². The molecular formula is C10H9N2NaO2. The Labute approximate surface area is 109 Å². The molecule has 15 heavy (non-hydrogen) atoms. The molecule has 0 fully saturated rings. The van der Waals surface area contributed by atoms with E-state index >= 15 is 0 Å². The fraction of sp³-hybridized carbons (Fsp3) is 0. The van der Waals surface area contributed by atoms with Crippen LogP contribution in [0, 0.1) is 0 Å². The Balaban J connectivity index is 0.00000112. The molecular weight excluding hydrogens is 203 g/mol. The Morgan fingerprint density at radius 2 is 1.87 bits per heavy atom. The molecule has 5 heteroatoms. The molecule has 0 amide bonds. The van der Waals surface area contributed by atoms with Crippen molar-refractivity contribution in [3.63, 3.8) is 0 Å². The molecule has 0 aliphatic carbocycles. The van der Waals surface area contributed by atoms with Crippen molar-refractivity contribution in [2.24, 2.45) is 0 Å². The maximum absolute atomic E-state index is 10.8. The van der Waals surface area contributed by atoms with Gasteiger partial charge in [-0.05, 0) is 6.07 Å². The minimum absolute atomic E-state index is 0. The molecule has 1 aromatic heterocycles. The zero-order valence-corrected chi connectivity index (χ0v) is 7.29. The van der Waals surface area contributed by atoms with Gasteiger partial charge in [-0.1, -0.05) is 30.3 Å². The first-order chi connectivity index (χ1) is 6.79. The first-order valence-electron chi connectivity index (χ1n) is 4.12. The van der Waals surface area contributed by atoms with Crippen LogP contribution in [-0.2, 0) is 0 Å². The fourth-order valence-electron chi connectivity index (χ4n) is 1.28. The van der Waals surface area contributed by atoms with Crippen molar-refractivity contribution in [1.82, 2.24) is 9.78 Å². The second-order valence-corrected chi connectivity index (χ2v) is 2.78. The Hall–Kier alpha value is -1.10. The number of hydrogen-bond donors (Lipinski definition) is 1. The van der Waals surface area contributed by atoms with Crippen molar-refractivity contribution in [2.45, 2.75) is 0 Å². The van der Waals surface area contributed by atoms with Crippen molar-refractivity contribution in [3.8, 4) is 11.3 Å². The topological polar surface area (TPSA) is 55.1 Å². The van der Waals surface area contributed by atoms with E-state index in [4.69, 9.17) is 5.11 Å². The summed E-state index contributed by atoms with van der Waals surface area (Å²) < 4.78 is 0.954. The average molecular weight is 212 g/mol. The first-order valence-corrected chi connectivity index (χ1v) is 4.12. The first kappa shape index (κ1) is 12.0. The van der Waals surface area contributed by atoms with Gasteiger partial charge in [0.2, 0.25) is 0 Å². The van der Waals surface area contributed by atoms with Crippen LogP contribution in [0.4, 0.5) is 4.79 Å². The molecule has 0 spiro atoms. The summed E-state index contributed by atoms with van der Waals surface area (Å²) in [6, 6.07) is 10.9. The molecule has 0 unspecified atom stereocenters. The second-order valence-electron chi connectivity index (χ2n) is 2.78. The number of hydrogen-bond acceptors (Lipinski definition) is 2. The van der Waals surface area contributed by atoms with Crippen LogP contribution in [0.15, 0.2) is 42.6 Å². The summed E-state index contributed by atoms with van der Waals surface area (Å²) in [4.78, 5) is 10.8. The van der Waals surface area contributed by atoms with Crippen LogP contribution < -0.4 is 0 Å². The molecule has 1 aromatic carbocycles. The van der Waals surface area contributed by atoms with E-state index < -0.39 is 6.09 Å². The number of aromatic nitrogens is 2. The van der Waals surface area contributed by atoms with Crippen molar-refractivity contribution >= 4 is 35.7 Å². The van der Waals surface area contributed by atoms with E-state index in [0.29, 0.717) is 5.69 Å². The predicted octanol–water partition coefficient (Wildman–Crippen LogP) is 1.43. The summed E-state index contributed by atoms with van der Waals surface area (Å²) in [7, 11) is 0. The molecule has 0 aliphatic heterocycles. The minimum atomic E-state index is -1.08. The summed E-state index contributed by atoms with van der Waals surface area (Å²) in [5.41, 5.74) is 1.42. The van der Waals surface area contributed by atoms with Gasteiger partial charge in [0.25, 0.3) is 0 Å². The molecule has 0 radical (unpaired) electrons. The van der Waals surface area contributed by atoms with Gasteiger partial charge in [0.1, 0.15) is 0 Å². The maximum atomic E-state index is 10.8. The zero-order chi connectivity index (χ0) is 9.97. The van der Waals surface area contributed by atoms with Gasteiger partial charge in [0, 0.05) is 5.56 Å². The molecule has 0 aliphatic rings. The van der Waals surface area contributed by atoms with Crippen LogP contribution in [0.5, 0.6) is 0 Å². The number of rotatable bonds is 1. The Morgan fingerprint density at radius 1 is 1.20 bits per heavy atom. The zero-order valence-electron chi connectivity index (χ0n) is 7.29. The third-order valence-electron chi connectivity index (χ3n) is 1.89. The van der Waals surface area contributed by atoms with Gasteiger partial charge in [-0.3, -0.25) is 0 Å². The monoisotopic (exact) mass is 212 g/mol. The quantitative estimate of drug-likeness (QED) is 0.727. The average Bonchev–Trinajstić information content (AvgIpc) is 2.67. The number of nitrogens with zero attached hydrogens (tertiary/aromatic N) is 2. The number of benzene rings is 1. The third kappa shape index (κ3) is 2.47. The molecule has 1 N–H and O–H groups in total. The van der Waals surface area contributed by atoms with Gasteiger partial charge >= 0.3 is 35.7 Å². The number of carbonyl (C=O) groups is 1. The molecule has 2 rings (SSSR count). The summed E-state index contributed by atoms with van der Waals surface area (Å²) in [5, 5.41) is 12.5. The van der Waals surface area contributed by atoms with E-state index in [1.54, 1.807) is 6.07 Å². The van der Waals surface area contributed by atoms with Crippen molar-refractivity contribution in [3.05, 3.63) is 42.6 Å². The van der Waals surface area contributed by atoms with E-state index in [2.05, 4.69) is 5.10 Å². The normalized spacial score (nSPS) is 9.33. The van der Waals surface area contributed by atoms with Crippen LogP contribution >= 0.6 is 0 Å². The predicted molar refractivity (Wildman–Crippen MR) is 58.2 cm³/mol. The second kappa shape index (κ2) is 5.11. The molecule has 0 saturated heterocycles. The Kier molecular flexibility index (Phi) is 4.08. The van der Waals surface area contributed by atoms with E-state index in [1.807, 2.05) is 30.3 Å². The summed E-state index contributed by atoms with van der Waals surface area (Å²) in [6.07, 6.45) is 0.394. The van der Waals surface area contributed by atoms with Gasteiger partial charge in [-0.25, -0.2) is 4.79 Å². The third-order valence-corrected chi connectivity index (χ3v) is 1.89. The molecule has 0 atom stereocenters. The SMILES string of the molecule is O=C(O)n1nccc1-c1ccccc1.[NaH]. The van der Waals surface area contributed by atoms with Gasteiger partial charge in [0.05, 0.1) is 11.9 Å². The van der Waals surface area contributed by atoms with Gasteiger partial charge in [0.15, 0.2) is 0 Å². The van der Waals surface area contributed by atoms with Gasteiger partial charge in [-0.2, -0.15) is 9.78 Å². The van der Waals surface area contributed by atoms with Gasteiger partial charge < -0.3 is 5.11 Å². The van der Waals surface area contributed by atoms with Crippen molar-refractivity contribution < 1.29 is 9.90 Å². The fourth-order valence-corrected chi connectivity index (χ4v) is 1.28. The Bertz CT molecular complexity index is 453. The molecule has 4 nitrogen and oxygen atoms in total. The van der Waals surface area contributed by atoms with E-state index in [0.717, 1.165) is 10.2 Å². The molecule has 1 heterocycles. The molecule has 72 valence electrons. The molecule has 2 aromatic rings. The molecule has 0 bridgehead atoms. The Morgan fingerprint density at radius 3 is 2.47 bits per heavy atom. The van der Waals surface area contributed by atoms with E-state index in [9.17, 15) is 4.79 Å². The van der Waals surface area contributed by atoms with Crippen LogP contribution in [0.3, 0.4) is 0 Å². The number of carboxylic acid groups (broad SMARTS) is 1. The van der Waals surface area contributed by atoms with E-state index in [1.165, 1.54) is 6.20 Å². The van der Waals surface area contributed by atoms with Crippen LogP contribution in [0.1, 0.15) is 0 Å². The van der Waals surface area contributed by atoms with Crippen LogP contribution in [0.25, 0.3) is 11.3 Å².